The predicted octanol–water partition coefficient (Wildman–Crippen LogP) is 1.88. The highest BCUT2D eigenvalue weighted by atomic mass is 19.1. The van der Waals surface area contributed by atoms with Crippen LogP contribution in [0.3, 0.4) is 0 Å². The zero-order valence-corrected chi connectivity index (χ0v) is 15.0. The van der Waals surface area contributed by atoms with E-state index in [2.05, 4.69) is 17.2 Å². The van der Waals surface area contributed by atoms with E-state index in [0.717, 1.165) is 5.56 Å². The molecule has 2 aromatic rings. The molecule has 0 aromatic heterocycles. The Morgan fingerprint density at radius 1 is 1.11 bits per heavy atom. The van der Waals surface area contributed by atoms with Gasteiger partial charge in [-0.3, -0.25) is 14.8 Å². The van der Waals surface area contributed by atoms with E-state index in [1.165, 1.54) is 24.5 Å². The maximum atomic E-state index is 12.8. The van der Waals surface area contributed by atoms with Gasteiger partial charge in [-0.05, 0) is 61.0 Å². The van der Waals surface area contributed by atoms with Crippen LogP contribution >= 0.6 is 0 Å². The van der Waals surface area contributed by atoms with Gasteiger partial charge in [0.1, 0.15) is 11.9 Å². The van der Waals surface area contributed by atoms with Crippen LogP contribution < -0.4 is 10.8 Å². The maximum absolute atomic E-state index is 12.8. The predicted molar refractivity (Wildman–Crippen MR) is 102 cm³/mol. The summed E-state index contributed by atoms with van der Waals surface area (Å²) in [6.45, 7) is 1.32. The Morgan fingerprint density at radius 2 is 1.75 bits per heavy atom. The lowest BCUT2D eigenvalue weighted by molar-refractivity contribution is -0.133. The average Bonchev–Trinajstić information content (AvgIpc) is 2.70. The van der Waals surface area contributed by atoms with Crippen LogP contribution in [0.2, 0.25) is 0 Å². The zero-order chi connectivity index (χ0) is 20.5. The maximum Gasteiger partial charge on any atom is 0.268 e. The third-order valence-electron chi connectivity index (χ3n) is 3.75. The van der Waals surface area contributed by atoms with Crippen LogP contribution in [0.25, 0.3) is 6.08 Å². The molecule has 4 N–H and O–H groups in total. The lowest BCUT2D eigenvalue weighted by atomic mass is 10.1. The summed E-state index contributed by atoms with van der Waals surface area (Å²) < 4.78 is 12.8. The number of hydrogen-bond donors (Lipinski definition) is 4. The Labute approximate surface area is 161 Å². The molecule has 2 atom stereocenters. The molecule has 0 fully saturated rings. The molecule has 0 aliphatic carbocycles. The third kappa shape index (κ3) is 6.06. The van der Waals surface area contributed by atoms with Gasteiger partial charge in [0.2, 0.25) is 0 Å². The van der Waals surface area contributed by atoms with Crippen molar-refractivity contribution in [2.75, 3.05) is 0 Å². The zero-order valence-electron chi connectivity index (χ0n) is 15.0. The SMILES string of the molecule is C[C@@H](O)[C@H](NC(=O)c1ccc(C=CC#Cc2ccc(F)cc2)cc1)C(=O)NO. The van der Waals surface area contributed by atoms with E-state index in [0.29, 0.717) is 5.56 Å². The standard InChI is InChI=1S/C21H19FN2O4/c1-14(25)19(21(27)24-28)23-20(26)17-10-6-15(7-11-17)4-2-3-5-16-8-12-18(22)13-9-16/h2,4,6-14,19,25,28H,1H3,(H,23,26)(H,24,27)/t14-,19+/m1/s1. The van der Waals surface area contributed by atoms with Crippen LogP contribution in [0, 0.1) is 17.7 Å². The van der Waals surface area contributed by atoms with Crippen LogP contribution in [0.4, 0.5) is 4.39 Å². The molecule has 0 bridgehead atoms. The molecule has 2 aromatic carbocycles. The summed E-state index contributed by atoms with van der Waals surface area (Å²) in [5, 5.41) is 20.6. The van der Waals surface area contributed by atoms with Gasteiger partial charge in [-0.25, -0.2) is 9.87 Å². The largest absolute Gasteiger partial charge is 0.391 e. The van der Waals surface area contributed by atoms with Crippen molar-refractivity contribution in [1.82, 2.24) is 10.8 Å². The quantitative estimate of drug-likeness (QED) is 0.360. The lowest BCUT2D eigenvalue weighted by Crippen LogP contribution is -2.51. The van der Waals surface area contributed by atoms with Crippen LogP contribution in [0.15, 0.2) is 54.6 Å². The molecule has 0 aliphatic heterocycles. The van der Waals surface area contributed by atoms with Gasteiger partial charge in [0.05, 0.1) is 6.10 Å². The fourth-order valence-corrected chi connectivity index (χ4v) is 2.24. The molecule has 6 nitrogen and oxygen atoms in total. The Bertz CT molecular complexity index is 910. The normalized spacial score (nSPS) is 12.6. The highest BCUT2D eigenvalue weighted by Crippen LogP contribution is 2.07. The van der Waals surface area contributed by atoms with Crippen molar-refractivity contribution in [1.29, 1.82) is 0 Å². The highest BCUT2D eigenvalue weighted by Gasteiger charge is 2.25. The minimum absolute atomic E-state index is 0.283. The summed E-state index contributed by atoms with van der Waals surface area (Å²) in [4.78, 5) is 23.6. The summed E-state index contributed by atoms with van der Waals surface area (Å²) >= 11 is 0. The van der Waals surface area contributed by atoms with Crippen molar-refractivity contribution >= 4 is 17.9 Å². The molecule has 28 heavy (non-hydrogen) atoms. The van der Waals surface area contributed by atoms with Gasteiger partial charge in [-0.15, -0.1) is 0 Å². The molecule has 7 heteroatoms. The summed E-state index contributed by atoms with van der Waals surface area (Å²) in [5.41, 5.74) is 3.17. The number of hydrogen-bond acceptors (Lipinski definition) is 4. The molecule has 2 amide bonds. The number of aliphatic hydroxyl groups is 1. The number of carbonyl (C=O) groups excluding carboxylic acids is 2. The second-order valence-corrected chi connectivity index (χ2v) is 5.90. The molecule has 2 rings (SSSR count). The summed E-state index contributed by atoms with van der Waals surface area (Å²) in [7, 11) is 0. The first-order chi connectivity index (χ1) is 13.4. The summed E-state index contributed by atoms with van der Waals surface area (Å²) in [5.74, 6) is 3.91. The summed E-state index contributed by atoms with van der Waals surface area (Å²) in [6.07, 6.45) is 2.20. The first-order valence-electron chi connectivity index (χ1n) is 8.37. The number of hydroxylamine groups is 1. The van der Waals surface area contributed by atoms with Crippen molar-refractivity contribution in [2.45, 2.75) is 19.1 Å². The number of amides is 2. The van der Waals surface area contributed by atoms with Crippen molar-refractivity contribution in [3.8, 4) is 11.8 Å². The van der Waals surface area contributed by atoms with E-state index in [4.69, 9.17) is 5.21 Å². The Morgan fingerprint density at radius 3 is 2.32 bits per heavy atom. The van der Waals surface area contributed by atoms with Crippen LogP contribution in [0.5, 0.6) is 0 Å². The Kier molecular flexibility index (Phi) is 7.45. The molecular formula is C21H19FN2O4. The van der Waals surface area contributed by atoms with Gasteiger partial charge in [0.25, 0.3) is 11.8 Å². The second-order valence-electron chi connectivity index (χ2n) is 5.90. The molecule has 0 unspecified atom stereocenters. The molecule has 0 radical (unpaired) electrons. The van der Waals surface area contributed by atoms with E-state index >= 15 is 0 Å². The van der Waals surface area contributed by atoms with E-state index < -0.39 is 24.0 Å². The lowest BCUT2D eigenvalue weighted by Gasteiger charge is -2.19. The van der Waals surface area contributed by atoms with Crippen LogP contribution in [-0.2, 0) is 4.79 Å². The minimum Gasteiger partial charge on any atom is -0.391 e. The van der Waals surface area contributed by atoms with Crippen molar-refractivity contribution < 1.29 is 24.3 Å². The van der Waals surface area contributed by atoms with E-state index in [1.807, 2.05) is 0 Å². The average molecular weight is 382 g/mol. The number of aliphatic hydroxyl groups excluding tert-OH is 1. The molecule has 0 aliphatic rings. The fourth-order valence-electron chi connectivity index (χ4n) is 2.24. The molecule has 0 heterocycles. The number of rotatable bonds is 5. The second kappa shape index (κ2) is 10.0. The highest BCUT2D eigenvalue weighted by molar-refractivity contribution is 5.97. The monoisotopic (exact) mass is 382 g/mol. The van der Waals surface area contributed by atoms with Gasteiger partial charge in [-0.2, -0.15) is 0 Å². The van der Waals surface area contributed by atoms with Crippen molar-refractivity contribution in [2.24, 2.45) is 0 Å². The molecule has 144 valence electrons. The minimum atomic E-state index is -1.28. The number of carbonyl (C=O) groups is 2. The topological polar surface area (TPSA) is 98.7 Å². The molecule has 0 spiro atoms. The molecule has 0 saturated heterocycles. The van der Waals surface area contributed by atoms with Crippen molar-refractivity contribution in [3.05, 3.63) is 77.1 Å². The van der Waals surface area contributed by atoms with Gasteiger partial charge in [-0.1, -0.05) is 24.0 Å². The smallest absolute Gasteiger partial charge is 0.268 e. The number of halogens is 1. The van der Waals surface area contributed by atoms with E-state index in [9.17, 15) is 19.1 Å². The molecule has 0 saturated carbocycles. The van der Waals surface area contributed by atoms with Gasteiger partial charge in [0.15, 0.2) is 0 Å². The van der Waals surface area contributed by atoms with Gasteiger partial charge >= 0.3 is 0 Å². The summed E-state index contributed by atoms with van der Waals surface area (Å²) in [6, 6.07) is 11.1. The number of allylic oxidation sites excluding steroid dienone is 1. The first-order valence-corrected chi connectivity index (χ1v) is 8.37. The van der Waals surface area contributed by atoms with Crippen LogP contribution in [-0.4, -0.2) is 34.3 Å². The van der Waals surface area contributed by atoms with E-state index in [1.54, 1.807) is 48.6 Å². The fraction of sp³-hybridized carbons (Fsp3) is 0.143. The number of benzene rings is 2. The molecular weight excluding hydrogens is 363 g/mol. The van der Waals surface area contributed by atoms with Gasteiger partial charge in [0, 0.05) is 11.1 Å². The number of nitrogens with one attached hydrogen (secondary N) is 2. The Balaban J connectivity index is 2.00. The van der Waals surface area contributed by atoms with E-state index in [-0.39, 0.29) is 11.4 Å². The Hall–Kier alpha value is -3.47. The van der Waals surface area contributed by atoms with Crippen LogP contribution in [0.1, 0.15) is 28.4 Å². The van der Waals surface area contributed by atoms with Crippen molar-refractivity contribution in [3.63, 3.8) is 0 Å². The third-order valence-corrected chi connectivity index (χ3v) is 3.75. The first kappa shape index (κ1) is 20.8. The van der Waals surface area contributed by atoms with Gasteiger partial charge < -0.3 is 10.4 Å².